The average molecular weight is 178 g/mol. The summed E-state index contributed by atoms with van der Waals surface area (Å²) in [5.74, 6) is 0. The van der Waals surface area contributed by atoms with Crippen LogP contribution in [0.15, 0.2) is 6.20 Å². The van der Waals surface area contributed by atoms with Gasteiger partial charge in [0.25, 0.3) is 0 Å². The number of aromatic nitrogens is 1. The largest absolute Gasteiger partial charge is 0.325 e. The maximum absolute atomic E-state index is 5.54. The van der Waals surface area contributed by atoms with E-state index in [2.05, 4.69) is 11.7 Å². The van der Waals surface area contributed by atoms with Crippen LogP contribution in [0.25, 0.3) is 0 Å². The molecule has 3 N–H and O–H groups in total. The molecule has 0 fully saturated rings. The van der Waals surface area contributed by atoms with Gasteiger partial charge in [-0.05, 0) is 6.72 Å². The first kappa shape index (κ1) is 9.55. The van der Waals surface area contributed by atoms with E-state index in [0.717, 1.165) is 5.01 Å². The SMILES string of the molecule is C=N.NCc1ncc(Cl)s1. The fraction of sp³-hybridized carbons (Fsp3) is 0.200. The highest BCUT2D eigenvalue weighted by Crippen LogP contribution is 2.16. The van der Waals surface area contributed by atoms with Crippen molar-refractivity contribution in [3.05, 3.63) is 15.5 Å². The minimum absolute atomic E-state index is 0.484. The maximum Gasteiger partial charge on any atom is 0.113 e. The summed E-state index contributed by atoms with van der Waals surface area (Å²) in [6.07, 6.45) is 1.61. The summed E-state index contributed by atoms with van der Waals surface area (Å²) in [5.41, 5.74) is 5.25. The highest BCUT2D eigenvalue weighted by atomic mass is 35.5. The molecule has 0 aliphatic heterocycles. The second-order valence-corrected chi connectivity index (χ2v) is 3.01. The zero-order chi connectivity index (χ0) is 7.98. The number of hydrogen-bond acceptors (Lipinski definition) is 4. The van der Waals surface area contributed by atoms with E-state index in [1.807, 2.05) is 0 Å². The van der Waals surface area contributed by atoms with E-state index >= 15 is 0 Å². The van der Waals surface area contributed by atoms with Crippen LogP contribution in [-0.4, -0.2) is 11.7 Å². The van der Waals surface area contributed by atoms with E-state index in [-0.39, 0.29) is 0 Å². The van der Waals surface area contributed by atoms with Crippen LogP contribution in [0.3, 0.4) is 0 Å². The Labute approximate surface area is 68.4 Å². The predicted octanol–water partition coefficient (Wildman–Crippen LogP) is 1.52. The fourth-order valence-electron chi connectivity index (χ4n) is 0.382. The fourth-order valence-corrected chi connectivity index (χ4v) is 1.22. The van der Waals surface area contributed by atoms with Gasteiger partial charge in [-0.3, -0.25) is 0 Å². The van der Waals surface area contributed by atoms with Gasteiger partial charge in [-0.2, -0.15) is 0 Å². The Kier molecular flexibility index (Phi) is 5.10. The third-order valence-corrected chi connectivity index (χ3v) is 1.84. The molecule has 1 heterocycles. The summed E-state index contributed by atoms with van der Waals surface area (Å²) >= 11 is 6.96. The molecule has 3 nitrogen and oxygen atoms in total. The summed E-state index contributed by atoms with van der Waals surface area (Å²) in [6.45, 7) is 2.98. The van der Waals surface area contributed by atoms with Crippen molar-refractivity contribution in [3.63, 3.8) is 0 Å². The monoisotopic (exact) mass is 177 g/mol. The van der Waals surface area contributed by atoms with Gasteiger partial charge in [-0.25, -0.2) is 4.98 Å². The van der Waals surface area contributed by atoms with Crippen molar-refractivity contribution >= 4 is 29.7 Å². The molecule has 0 saturated carbocycles. The molecule has 0 radical (unpaired) electrons. The molecular formula is C5H8ClN3S. The van der Waals surface area contributed by atoms with E-state index in [1.165, 1.54) is 11.3 Å². The highest BCUT2D eigenvalue weighted by molar-refractivity contribution is 7.15. The molecule has 1 aromatic rings. The van der Waals surface area contributed by atoms with Crippen LogP contribution in [0.5, 0.6) is 0 Å². The van der Waals surface area contributed by atoms with Gasteiger partial charge in [0.1, 0.15) is 9.34 Å². The molecule has 1 rings (SSSR count). The normalized spacial score (nSPS) is 8.20. The number of thiazole rings is 1. The van der Waals surface area contributed by atoms with Crippen LogP contribution in [0.4, 0.5) is 0 Å². The molecule has 0 aliphatic carbocycles. The average Bonchev–Trinajstić information content (AvgIpc) is 2.40. The van der Waals surface area contributed by atoms with Crippen molar-refractivity contribution in [2.24, 2.45) is 5.73 Å². The molecule has 0 bridgehead atoms. The van der Waals surface area contributed by atoms with Gasteiger partial charge >= 0.3 is 0 Å². The summed E-state index contributed by atoms with van der Waals surface area (Å²) in [5, 5.41) is 6.38. The number of halogens is 1. The topological polar surface area (TPSA) is 62.8 Å². The molecule has 10 heavy (non-hydrogen) atoms. The Balaban J connectivity index is 0.000000371. The highest BCUT2D eigenvalue weighted by Gasteiger charge is 1.93. The molecule has 0 aliphatic rings. The Morgan fingerprint density at radius 2 is 2.40 bits per heavy atom. The minimum Gasteiger partial charge on any atom is -0.325 e. The molecule has 0 aromatic carbocycles. The lowest BCUT2D eigenvalue weighted by atomic mass is 10.7. The second-order valence-electron chi connectivity index (χ2n) is 1.26. The van der Waals surface area contributed by atoms with Gasteiger partial charge in [-0.15, -0.1) is 11.3 Å². The van der Waals surface area contributed by atoms with Crippen LogP contribution in [0.1, 0.15) is 5.01 Å². The maximum atomic E-state index is 5.54. The van der Waals surface area contributed by atoms with Gasteiger partial charge in [0.15, 0.2) is 0 Å². The molecule has 0 saturated heterocycles. The molecule has 1 aromatic heterocycles. The zero-order valence-electron chi connectivity index (χ0n) is 5.30. The molecule has 0 unspecified atom stereocenters. The van der Waals surface area contributed by atoms with E-state index in [4.69, 9.17) is 22.7 Å². The van der Waals surface area contributed by atoms with Gasteiger partial charge in [0.05, 0.1) is 6.20 Å². The quantitative estimate of drug-likeness (QED) is 0.639. The summed E-state index contributed by atoms with van der Waals surface area (Å²) < 4.78 is 0.699. The lowest BCUT2D eigenvalue weighted by Crippen LogP contribution is -1.93. The first-order valence-electron chi connectivity index (χ1n) is 2.48. The molecule has 5 heteroatoms. The van der Waals surface area contributed by atoms with Crippen LogP contribution in [-0.2, 0) is 6.54 Å². The summed E-state index contributed by atoms with van der Waals surface area (Å²) in [4.78, 5) is 3.90. The smallest absolute Gasteiger partial charge is 0.113 e. The first-order valence-corrected chi connectivity index (χ1v) is 3.68. The minimum atomic E-state index is 0.484. The van der Waals surface area contributed by atoms with Crippen molar-refractivity contribution in [1.29, 1.82) is 5.41 Å². The van der Waals surface area contributed by atoms with Crippen molar-refractivity contribution in [3.8, 4) is 0 Å². The zero-order valence-corrected chi connectivity index (χ0v) is 6.87. The standard InChI is InChI=1S/C4H5ClN2S.CH3N/c5-3-2-7-4(1-6)8-3;1-2/h2H,1,6H2;2H,1H2. The Hall–Kier alpha value is -0.450. The van der Waals surface area contributed by atoms with E-state index in [9.17, 15) is 0 Å². The number of nitrogens with two attached hydrogens (primary N) is 1. The number of hydrogen-bond donors (Lipinski definition) is 2. The lowest BCUT2D eigenvalue weighted by Gasteiger charge is -1.78. The van der Waals surface area contributed by atoms with Crippen molar-refractivity contribution in [1.82, 2.24) is 4.98 Å². The van der Waals surface area contributed by atoms with E-state index in [1.54, 1.807) is 6.20 Å². The molecule has 0 spiro atoms. The number of nitrogens with zero attached hydrogens (tertiary/aromatic N) is 1. The third-order valence-electron chi connectivity index (χ3n) is 0.700. The molecule has 56 valence electrons. The van der Waals surface area contributed by atoms with Crippen molar-refractivity contribution < 1.29 is 0 Å². The Bertz CT molecular complexity index is 189. The van der Waals surface area contributed by atoms with Gasteiger partial charge in [-0.1, -0.05) is 11.6 Å². The Morgan fingerprint density at radius 1 is 1.80 bits per heavy atom. The Morgan fingerprint density at radius 3 is 2.60 bits per heavy atom. The van der Waals surface area contributed by atoms with Gasteiger partial charge < -0.3 is 11.1 Å². The third kappa shape index (κ3) is 2.91. The van der Waals surface area contributed by atoms with Gasteiger partial charge in [0, 0.05) is 6.54 Å². The summed E-state index contributed by atoms with van der Waals surface area (Å²) in [7, 11) is 0. The molecule has 0 amide bonds. The lowest BCUT2D eigenvalue weighted by molar-refractivity contribution is 1.04. The van der Waals surface area contributed by atoms with Crippen LogP contribution >= 0.6 is 22.9 Å². The molecular weight excluding hydrogens is 170 g/mol. The summed E-state index contributed by atoms with van der Waals surface area (Å²) in [6, 6.07) is 0. The van der Waals surface area contributed by atoms with Crippen molar-refractivity contribution in [2.75, 3.05) is 0 Å². The van der Waals surface area contributed by atoms with Crippen LogP contribution in [0, 0.1) is 5.41 Å². The van der Waals surface area contributed by atoms with Crippen LogP contribution < -0.4 is 5.73 Å². The van der Waals surface area contributed by atoms with Gasteiger partial charge in [0.2, 0.25) is 0 Å². The van der Waals surface area contributed by atoms with E-state index < -0.39 is 0 Å². The van der Waals surface area contributed by atoms with E-state index in [0.29, 0.717) is 10.9 Å². The first-order chi connectivity index (χ1) is 4.83. The number of nitrogens with one attached hydrogen (secondary N) is 1. The number of rotatable bonds is 1. The molecule has 0 atom stereocenters. The second kappa shape index (κ2) is 5.34. The van der Waals surface area contributed by atoms with Crippen LogP contribution in [0.2, 0.25) is 4.34 Å². The predicted molar refractivity (Wildman–Crippen MR) is 44.9 cm³/mol. The van der Waals surface area contributed by atoms with Crippen molar-refractivity contribution in [2.45, 2.75) is 6.54 Å².